The van der Waals surface area contributed by atoms with Crippen LogP contribution >= 0.6 is 12.6 Å². The molecule has 5 atom stereocenters. The molecule has 2 radical (unpaired) electrons. The van der Waals surface area contributed by atoms with E-state index in [2.05, 4.69) is 39.0 Å². The number of aryl methyl sites for hydroxylation is 1. The first-order valence-electron chi connectivity index (χ1n) is 11.7. The van der Waals surface area contributed by atoms with Crippen molar-refractivity contribution in [3.63, 3.8) is 0 Å². The summed E-state index contributed by atoms with van der Waals surface area (Å²) in [5.41, 5.74) is 19.0. The molecule has 0 amide bonds. The molecule has 0 saturated heterocycles. The lowest BCUT2D eigenvalue weighted by molar-refractivity contribution is 0.112. The van der Waals surface area contributed by atoms with Crippen LogP contribution in [0.3, 0.4) is 0 Å². The van der Waals surface area contributed by atoms with Crippen molar-refractivity contribution in [1.29, 1.82) is 0 Å². The first kappa shape index (κ1) is 21.4. The van der Waals surface area contributed by atoms with Gasteiger partial charge in [-0.15, -0.1) is 0 Å². The molecule has 0 heterocycles. The number of benzene rings is 1. The fraction of sp³-hybridized carbons (Fsp3) is 0.680. The zero-order chi connectivity index (χ0) is 21.0. The van der Waals surface area contributed by atoms with Gasteiger partial charge in [-0.1, -0.05) is 63.7 Å². The standard InChI is InChI=1S/C25H37BN2S/c1-4-16(11-15-7-8-15)18-13-19-21(26)12-17(5-2)23(27)22(19)24(6-3)14-25(28,29)10-9-20(18)24/h9-10,12,15-16,18,20,29H,4-8,11,13-14,27-28H2,1-3H3/t16-,18?,20?,24+,25?/m0/s1. The summed E-state index contributed by atoms with van der Waals surface area (Å²) in [7, 11) is 6.68. The number of rotatable bonds is 6. The van der Waals surface area contributed by atoms with Crippen LogP contribution in [-0.2, 0) is 18.3 Å². The molecule has 156 valence electrons. The Kier molecular flexibility index (Phi) is 5.66. The maximum atomic E-state index is 6.84. The highest BCUT2D eigenvalue weighted by Crippen LogP contribution is 2.58. The fourth-order valence-electron chi connectivity index (χ4n) is 6.63. The molecule has 4 N–H and O–H groups in total. The summed E-state index contributed by atoms with van der Waals surface area (Å²) in [5.74, 6) is 2.73. The van der Waals surface area contributed by atoms with Crippen molar-refractivity contribution in [3.8, 4) is 0 Å². The lowest BCUT2D eigenvalue weighted by Crippen LogP contribution is -2.54. The molecular weight excluding hydrogens is 371 g/mol. The van der Waals surface area contributed by atoms with Crippen LogP contribution in [0.15, 0.2) is 18.2 Å². The zero-order valence-electron chi connectivity index (χ0n) is 18.4. The highest BCUT2D eigenvalue weighted by atomic mass is 32.1. The normalized spacial score (nSPS) is 34.5. The molecule has 0 bridgehead atoms. The van der Waals surface area contributed by atoms with Gasteiger partial charge in [-0.25, -0.2) is 0 Å². The van der Waals surface area contributed by atoms with Crippen molar-refractivity contribution in [2.45, 2.75) is 82.4 Å². The predicted octanol–water partition coefficient (Wildman–Crippen LogP) is 4.43. The van der Waals surface area contributed by atoms with E-state index in [1.54, 1.807) is 0 Å². The Bertz CT molecular complexity index is 814. The van der Waals surface area contributed by atoms with Gasteiger partial charge in [0.05, 0.1) is 4.87 Å². The van der Waals surface area contributed by atoms with Crippen molar-refractivity contribution < 1.29 is 0 Å². The third-order valence-corrected chi connectivity index (χ3v) is 8.60. The first-order chi connectivity index (χ1) is 13.8. The summed E-state index contributed by atoms with van der Waals surface area (Å²) in [4.78, 5) is -0.604. The van der Waals surface area contributed by atoms with Crippen molar-refractivity contribution in [3.05, 3.63) is 34.9 Å². The largest absolute Gasteiger partial charge is 0.398 e. The third-order valence-electron chi connectivity index (χ3n) is 8.30. The van der Waals surface area contributed by atoms with Crippen LogP contribution in [0, 0.1) is 23.7 Å². The van der Waals surface area contributed by atoms with Gasteiger partial charge in [0.25, 0.3) is 0 Å². The Hall–Kier alpha value is -0.865. The minimum absolute atomic E-state index is 0.0795. The highest BCUT2D eigenvalue weighted by molar-refractivity contribution is 7.82. The van der Waals surface area contributed by atoms with Gasteiger partial charge in [-0.2, -0.15) is 12.6 Å². The number of allylic oxidation sites excluding steroid dienone is 1. The van der Waals surface area contributed by atoms with Gasteiger partial charge in [0.1, 0.15) is 7.85 Å². The number of thiol groups is 1. The Morgan fingerprint density at radius 3 is 2.59 bits per heavy atom. The number of nitrogens with two attached hydrogens (primary N) is 2. The monoisotopic (exact) mass is 408 g/mol. The lowest BCUT2D eigenvalue weighted by Gasteiger charge is -2.55. The number of hydrogen-bond acceptors (Lipinski definition) is 3. The fourth-order valence-corrected chi connectivity index (χ4v) is 7.00. The molecule has 3 aliphatic carbocycles. The van der Waals surface area contributed by atoms with Crippen molar-refractivity contribution >= 4 is 31.6 Å². The van der Waals surface area contributed by atoms with Gasteiger partial charge in [0, 0.05) is 11.1 Å². The number of nitrogen functional groups attached to an aromatic ring is 1. The highest BCUT2D eigenvalue weighted by Gasteiger charge is 2.53. The van der Waals surface area contributed by atoms with E-state index in [4.69, 9.17) is 31.9 Å². The Labute approximate surface area is 184 Å². The molecule has 1 fully saturated rings. The first-order valence-corrected chi connectivity index (χ1v) is 12.1. The maximum absolute atomic E-state index is 6.84. The van der Waals surface area contributed by atoms with E-state index >= 15 is 0 Å². The van der Waals surface area contributed by atoms with E-state index < -0.39 is 4.87 Å². The smallest absolute Gasteiger partial charge is 0.114 e. The van der Waals surface area contributed by atoms with Crippen LogP contribution in [0.5, 0.6) is 0 Å². The lowest BCUT2D eigenvalue weighted by atomic mass is 9.50. The van der Waals surface area contributed by atoms with Gasteiger partial charge >= 0.3 is 0 Å². The minimum Gasteiger partial charge on any atom is -0.398 e. The molecule has 0 spiro atoms. The molecule has 4 rings (SSSR count). The predicted molar refractivity (Wildman–Crippen MR) is 129 cm³/mol. The Balaban J connectivity index is 1.91. The van der Waals surface area contributed by atoms with E-state index in [9.17, 15) is 0 Å². The van der Waals surface area contributed by atoms with Crippen molar-refractivity contribution in [1.82, 2.24) is 0 Å². The number of anilines is 1. The van der Waals surface area contributed by atoms with E-state index in [0.717, 1.165) is 48.7 Å². The molecule has 1 aromatic rings. The molecule has 2 nitrogen and oxygen atoms in total. The van der Waals surface area contributed by atoms with Gasteiger partial charge in [0.15, 0.2) is 0 Å². The van der Waals surface area contributed by atoms with Gasteiger partial charge in [0.2, 0.25) is 0 Å². The van der Waals surface area contributed by atoms with Crippen LogP contribution in [0.4, 0.5) is 5.69 Å². The average molecular weight is 408 g/mol. The summed E-state index contributed by atoms with van der Waals surface area (Å²) in [6, 6.07) is 2.13. The van der Waals surface area contributed by atoms with Crippen LogP contribution in [0.1, 0.15) is 76.0 Å². The second kappa shape index (κ2) is 7.68. The summed E-state index contributed by atoms with van der Waals surface area (Å²) in [5, 5.41) is 0. The SMILES string of the molecule is [B]c1cc(CC)c(N)c2c1CC([C@@H](CC)CC1CC1)C1C=CC(N)(S)C[C@@]21CC. The number of hydrogen-bond donors (Lipinski definition) is 3. The van der Waals surface area contributed by atoms with Gasteiger partial charge in [-0.05, 0) is 72.5 Å². The molecule has 4 heteroatoms. The second-order valence-electron chi connectivity index (χ2n) is 10.0. The van der Waals surface area contributed by atoms with Crippen LogP contribution in [-0.4, -0.2) is 12.7 Å². The quantitative estimate of drug-likeness (QED) is 0.214. The van der Waals surface area contributed by atoms with E-state index in [0.29, 0.717) is 11.8 Å². The van der Waals surface area contributed by atoms with Crippen LogP contribution in [0.25, 0.3) is 0 Å². The molecule has 1 aromatic carbocycles. The topological polar surface area (TPSA) is 52.0 Å². The zero-order valence-corrected chi connectivity index (χ0v) is 19.3. The molecule has 3 unspecified atom stereocenters. The molecular formula is C25H37BN2S. The average Bonchev–Trinajstić information content (AvgIpc) is 3.51. The van der Waals surface area contributed by atoms with Crippen LogP contribution in [0.2, 0.25) is 0 Å². The maximum Gasteiger partial charge on any atom is 0.114 e. The molecule has 0 aliphatic heterocycles. The summed E-state index contributed by atoms with van der Waals surface area (Å²) in [6.45, 7) is 6.83. The third kappa shape index (κ3) is 3.59. The van der Waals surface area contributed by atoms with Gasteiger partial charge < -0.3 is 11.5 Å². The Morgan fingerprint density at radius 2 is 2.00 bits per heavy atom. The number of fused-ring (bicyclic) bond motifs is 3. The molecule has 3 aliphatic rings. The Morgan fingerprint density at radius 1 is 1.28 bits per heavy atom. The molecule has 29 heavy (non-hydrogen) atoms. The van der Waals surface area contributed by atoms with E-state index in [1.807, 2.05) is 0 Å². The summed E-state index contributed by atoms with van der Waals surface area (Å²) < 4.78 is 0. The molecule has 0 aromatic heterocycles. The van der Waals surface area contributed by atoms with Crippen molar-refractivity contribution in [2.75, 3.05) is 5.73 Å². The summed E-state index contributed by atoms with van der Waals surface area (Å²) in [6.07, 6.45) is 13.8. The van der Waals surface area contributed by atoms with Crippen molar-refractivity contribution in [2.24, 2.45) is 29.4 Å². The second-order valence-corrected chi connectivity index (χ2v) is 10.9. The van der Waals surface area contributed by atoms with Gasteiger partial charge in [-0.3, -0.25) is 0 Å². The summed E-state index contributed by atoms with van der Waals surface area (Å²) >= 11 is 4.83. The van der Waals surface area contributed by atoms with E-state index in [1.165, 1.54) is 42.4 Å². The van der Waals surface area contributed by atoms with E-state index in [-0.39, 0.29) is 5.41 Å². The minimum atomic E-state index is -0.604. The molecule has 1 saturated carbocycles. The van der Waals surface area contributed by atoms with Crippen LogP contribution < -0.4 is 16.9 Å².